The Balaban J connectivity index is 0. The first-order valence-electron chi connectivity index (χ1n) is 5.71. The van der Waals surface area contributed by atoms with E-state index in [2.05, 4.69) is 5.32 Å². The van der Waals surface area contributed by atoms with Gasteiger partial charge in [-0.1, -0.05) is 19.8 Å². The quantitative estimate of drug-likeness (QED) is 0.414. The number of rotatable bonds is 9. The molecule has 0 unspecified atom stereocenters. The van der Waals surface area contributed by atoms with E-state index in [1.165, 1.54) is 0 Å². The summed E-state index contributed by atoms with van der Waals surface area (Å²) in [6.45, 7) is 2.00. The van der Waals surface area contributed by atoms with Gasteiger partial charge in [-0.05, 0) is 12.8 Å². The van der Waals surface area contributed by atoms with E-state index in [0.29, 0.717) is 6.42 Å². The van der Waals surface area contributed by atoms with Gasteiger partial charge in [0.05, 0.1) is 0 Å². The van der Waals surface area contributed by atoms with Gasteiger partial charge in [-0.25, -0.2) is 4.79 Å². The van der Waals surface area contributed by atoms with Crippen molar-refractivity contribution in [1.29, 1.82) is 0 Å². The molecule has 0 saturated heterocycles. The predicted octanol–water partition coefficient (Wildman–Crippen LogP) is 0.352. The van der Waals surface area contributed by atoms with E-state index in [0.717, 1.165) is 12.8 Å². The molecule has 0 aromatic heterocycles. The molecule has 7 heteroatoms. The van der Waals surface area contributed by atoms with Gasteiger partial charge in [0.2, 0.25) is 5.91 Å². The Hall–Kier alpha value is -0.590. The fourth-order valence-corrected chi connectivity index (χ4v) is 1.33. The van der Waals surface area contributed by atoms with Crippen LogP contribution in [0.3, 0.4) is 0 Å². The molecule has 6 nitrogen and oxygen atoms in total. The third kappa shape index (κ3) is 10.6. The summed E-state index contributed by atoms with van der Waals surface area (Å²) in [5.41, 5.74) is 0. The van der Waals surface area contributed by atoms with Crippen LogP contribution < -0.4 is 5.32 Å². The Kier molecular flexibility index (Phi) is 12.6. The number of nitrogens with one attached hydrogen (secondary N) is 1. The van der Waals surface area contributed by atoms with Crippen molar-refractivity contribution in [2.24, 2.45) is 0 Å². The average Bonchev–Trinajstić information content (AvgIpc) is 2.23. The number of carbonyl (C=O) groups is 3. The second-order valence-corrected chi connectivity index (χ2v) is 3.85. The van der Waals surface area contributed by atoms with E-state index in [-0.39, 0.29) is 54.7 Å². The molecule has 1 amide bonds. The molecule has 0 saturated carbocycles. The van der Waals surface area contributed by atoms with Crippen LogP contribution in [0.25, 0.3) is 0 Å². The first-order chi connectivity index (χ1) is 7.97. The van der Waals surface area contributed by atoms with Crippen molar-refractivity contribution in [3.8, 4) is 0 Å². The second-order valence-electron chi connectivity index (χ2n) is 3.85. The Morgan fingerprint density at radius 3 is 2.17 bits per heavy atom. The molecule has 0 radical (unpaired) electrons. The molecule has 0 heterocycles. The second kappa shape index (κ2) is 11.5. The zero-order chi connectivity index (χ0) is 13.3. The van der Waals surface area contributed by atoms with E-state index in [4.69, 9.17) is 10.2 Å². The van der Waals surface area contributed by atoms with Gasteiger partial charge in [0.1, 0.15) is 6.04 Å². The van der Waals surface area contributed by atoms with E-state index < -0.39 is 18.0 Å². The fraction of sp³-hybridized carbons (Fsp3) is 0.727. The van der Waals surface area contributed by atoms with Gasteiger partial charge < -0.3 is 15.5 Å². The molecule has 0 aliphatic heterocycles. The third-order valence-corrected chi connectivity index (χ3v) is 2.29. The minimum atomic E-state index is -1.20. The normalized spacial score (nSPS) is 11.2. The van der Waals surface area contributed by atoms with Gasteiger partial charge in [-0.2, -0.15) is 0 Å². The summed E-state index contributed by atoms with van der Waals surface area (Å²) in [4.78, 5) is 32.4. The van der Waals surface area contributed by atoms with Gasteiger partial charge in [-0.3, -0.25) is 9.59 Å². The van der Waals surface area contributed by atoms with Crippen molar-refractivity contribution in [2.75, 3.05) is 0 Å². The molecule has 0 aliphatic rings. The van der Waals surface area contributed by atoms with Crippen molar-refractivity contribution in [1.82, 2.24) is 5.32 Å². The van der Waals surface area contributed by atoms with E-state index in [1.807, 2.05) is 6.92 Å². The van der Waals surface area contributed by atoms with Crippen LogP contribution >= 0.6 is 0 Å². The Morgan fingerprint density at radius 2 is 1.72 bits per heavy atom. The van der Waals surface area contributed by atoms with Crippen LogP contribution in [0, 0.1) is 0 Å². The first-order valence-corrected chi connectivity index (χ1v) is 5.71. The summed E-state index contributed by atoms with van der Waals surface area (Å²) in [6, 6.07) is -1.11. The Morgan fingerprint density at radius 1 is 1.11 bits per heavy atom. The standard InChI is InChI=1S/C11H19NO5.Na.H/c1-2-3-4-5-9(13)12-8(11(16)17)6-7-10(14)15;;/h8H,2-7H2,1H3,(H,12,13)(H,14,15)(H,16,17);;/t8-;;/m1../s1. The molecule has 0 aromatic carbocycles. The molecule has 0 rings (SSSR count). The van der Waals surface area contributed by atoms with Crippen molar-refractivity contribution in [3.05, 3.63) is 0 Å². The van der Waals surface area contributed by atoms with Gasteiger partial charge in [0.15, 0.2) is 0 Å². The molecule has 3 N–H and O–H groups in total. The molecular weight excluding hydrogens is 249 g/mol. The molecule has 0 fully saturated rings. The number of amides is 1. The van der Waals surface area contributed by atoms with Crippen LogP contribution in [0.5, 0.6) is 0 Å². The average molecular weight is 269 g/mol. The third-order valence-electron chi connectivity index (χ3n) is 2.29. The maximum absolute atomic E-state index is 11.4. The first kappa shape index (κ1) is 19.7. The van der Waals surface area contributed by atoms with E-state index in [9.17, 15) is 14.4 Å². The fourth-order valence-electron chi connectivity index (χ4n) is 1.33. The Bertz CT molecular complexity index is 283. The molecule has 0 bridgehead atoms. The zero-order valence-corrected chi connectivity index (χ0v) is 9.94. The van der Waals surface area contributed by atoms with Crippen LogP contribution in [0.1, 0.15) is 45.4 Å². The zero-order valence-electron chi connectivity index (χ0n) is 9.94. The summed E-state index contributed by atoms with van der Waals surface area (Å²) < 4.78 is 0. The molecule has 18 heavy (non-hydrogen) atoms. The maximum atomic E-state index is 11.4. The van der Waals surface area contributed by atoms with Crippen LogP contribution in [-0.4, -0.2) is 63.7 Å². The van der Waals surface area contributed by atoms with Crippen molar-refractivity contribution >= 4 is 47.4 Å². The number of carboxylic acids is 2. The van der Waals surface area contributed by atoms with E-state index >= 15 is 0 Å². The van der Waals surface area contributed by atoms with Crippen LogP contribution in [0.15, 0.2) is 0 Å². The van der Waals surface area contributed by atoms with Crippen molar-refractivity contribution < 1.29 is 24.6 Å². The summed E-state index contributed by atoms with van der Waals surface area (Å²) in [6.07, 6.45) is 2.53. The van der Waals surface area contributed by atoms with Crippen LogP contribution in [0.2, 0.25) is 0 Å². The number of aliphatic carboxylic acids is 2. The number of unbranched alkanes of at least 4 members (excludes halogenated alkanes) is 2. The molecule has 100 valence electrons. The van der Waals surface area contributed by atoms with Crippen LogP contribution in [-0.2, 0) is 14.4 Å². The molecule has 1 atom stereocenters. The summed E-state index contributed by atoms with van der Waals surface area (Å²) >= 11 is 0. The topological polar surface area (TPSA) is 104 Å². The molecule has 0 aliphatic carbocycles. The van der Waals surface area contributed by atoms with E-state index in [1.54, 1.807) is 0 Å². The van der Waals surface area contributed by atoms with Crippen LogP contribution in [0.4, 0.5) is 0 Å². The number of hydrogen-bond acceptors (Lipinski definition) is 3. The number of carbonyl (C=O) groups excluding carboxylic acids is 1. The number of carboxylic acid groups (broad SMARTS) is 2. The monoisotopic (exact) mass is 269 g/mol. The summed E-state index contributed by atoms with van der Waals surface area (Å²) in [7, 11) is 0. The van der Waals surface area contributed by atoms with Crippen molar-refractivity contribution in [3.63, 3.8) is 0 Å². The minimum absolute atomic E-state index is 0. The summed E-state index contributed by atoms with van der Waals surface area (Å²) in [5.74, 6) is -2.61. The van der Waals surface area contributed by atoms with Gasteiger partial charge >= 0.3 is 41.5 Å². The molecule has 0 aromatic rings. The van der Waals surface area contributed by atoms with Gasteiger partial charge in [-0.15, -0.1) is 0 Å². The molecule has 0 spiro atoms. The Labute approximate surface area is 128 Å². The summed E-state index contributed by atoms with van der Waals surface area (Å²) in [5, 5.41) is 19.6. The van der Waals surface area contributed by atoms with Gasteiger partial charge in [0, 0.05) is 12.8 Å². The SMILES string of the molecule is CCCCCC(=O)N[C@H](CCC(=O)O)C(=O)O.[NaH]. The predicted molar refractivity (Wildman–Crippen MR) is 67.7 cm³/mol. The number of hydrogen-bond donors (Lipinski definition) is 3. The molecular formula is C11H20NNaO5. The van der Waals surface area contributed by atoms with Crippen molar-refractivity contribution in [2.45, 2.75) is 51.5 Å². The van der Waals surface area contributed by atoms with Gasteiger partial charge in [0.25, 0.3) is 0 Å².